The highest BCUT2D eigenvalue weighted by Crippen LogP contribution is 2.12. The maximum absolute atomic E-state index is 4.33. The van der Waals surface area contributed by atoms with Crippen molar-refractivity contribution in [2.75, 3.05) is 0 Å². The zero-order valence-corrected chi connectivity index (χ0v) is 11.3. The summed E-state index contributed by atoms with van der Waals surface area (Å²) in [6.07, 6.45) is 5.72. The zero-order chi connectivity index (χ0) is 12.3. The Bertz CT molecular complexity index is 472. The number of imidazole rings is 1. The first kappa shape index (κ1) is 12.3. The SMILES string of the molecule is Cc1cnc(CNCc2cncn2C(C)C)s1. The van der Waals surface area contributed by atoms with Crippen LogP contribution in [0.4, 0.5) is 0 Å². The number of nitrogens with zero attached hydrogens (tertiary/aromatic N) is 3. The second-order valence-corrected chi connectivity index (χ2v) is 5.67. The van der Waals surface area contributed by atoms with Gasteiger partial charge in [-0.25, -0.2) is 9.97 Å². The average molecular weight is 250 g/mol. The number of aryl methyl sites for hydroxylation is 1. The van der Waals surface area contributed by atoms with Crippen molar-refractivity contribution in [1.29, 1.82) is 0 Å². The molecule has 0 aliphatic heterocycles. The molecule has 1 N–H and O–H groups in total. The van der Waals surface area contributed by atoms with E-state index in [0.717, 1.165) is 18.1 Å². The Morgan fingerprint density at radius 3 is 2.82 bits per heavy atom. The second kappa shape index (κ2) is 5.42. The first-order valence-electron chi connectivity index (χ1n) is 5.79. The van der Waals surface area contributed by atoms with Gasteiger partial charge in [0.15, 0.2) is 0 Å². The lowest BCUT2D eigenvalue weighted by atomic mass is 10.3. The number of nitrogens with one attached hydrogen (secondary N) is 1. The Morgan fingerprint density at radius 2 is 2.18 bits per heavy atom. The Kier molecular flexibility index (Phi) is 3.91. The summed E-state index contributed by atoms with van der Waals surface area (Å²) in [4.78, 5) is 9.77. The van der Waals surface area contributed by atoms with Crippen LogP contribution in [0.25, 0.3) is 0 Å². The second-order valence-electron chi connectivity index (χ2n) is 4.35. The van der Waals surface area contributed by atoms with Gasteiger partial charge in [0.1, 0.15) is 5.01 Å². The number of aromatic nitrogens is 3. The monoisotopic (exact) mass is 250 g/mol. The van der Waals surface area contributed by atoms with Gasteiger partial charge in [-0.15, -0.1) is 11.3 Å². The van der Waals surface area contributed by atoms with Crippen LogP contribution in [0.2, 0.25) is 0 Å². The van der Waals surface area contributed by atoms with E-state index in [1.807, 2.05) is 18.7 Å². The average Bonchev–Trinajstić information content (AvgIpc) is 2.87. The lowest BCUT2D eigenvalue weighted by molar-refractivity contribution is 0.550. The number of hydrogen-bond donors (Lipinski definition) is 1. The van der Waals surface area contributed by atoms with Crippen LogP contribution < -0.4 is 5.32 Å². The van der Waals surface area contributed by atoms with Gasteiger partial charge in [0.25, 0.3) is 0 Å². The fourth-order valence-corrected chi connectivity index (χ4v) is 2.47. The van der Waals surface area contributed by atoms with Crippen LogP contribution in [0.1, 0.15) is 35.5 Å². The standard InChI is InChI=1S/C12H18N4S/c1-9(2)16-8-14-6-11(16)5-13-7-12-15-4-10(3)17-12/h4,6,8-9,13H,5,7H2,1-3H3. The molecular formula is C12H18N4S. The van der Waals surface area contributed by atoms with Gasteiger partial charge in [-0.05, 0) is 20.8 Å². The van der Waals surface area contributed by atoms with Crippen molar-refractivity contribution < 1.29 is 0 Å². The molecule has 0 aliphatic rings. The van der Waals surface area contributed by atoms with Gasteiger partial charge in [0, 0.05) is 36.4 Å². The molecule has 0 unspecified atom stereocenters. The summed E-state index contributed by atoms with van der Waals surface area (Å²) in [5, 5.41) is 4.54. The highest BCUT2D eigenvalue weighted by Gasteiger charge is 2.05. The van der Waals surface area contributed by atoms with Crippen LogP contribution in [0.5, 0.6) is 0 Å². The van der Waals surface area contributed by atoms with Gasteiger partial charge in [0.05, 0.1) is 12.0 Å². The molecule has 0 fully saturated rings. The Balaban J connectivity index is 1.88. The number of hydrogen-bond acceptors (Lipinski definition) is 4. The minimum Gasteiger partial charge on any atom is -0.331 e. The molecule has 2 aromatic heterocycles. The quantitative estimate of drug-likeness (QED) is 0.886. The van der Waals surface area contributed by atoms with Gasteiger partial charge in [-0.2, -0.15) is 0 Å². The van der Waals surface area contributed by atoms with E-state index >= 15 is 0 Å². The largest absolute Gasteiger partial charge is 0.331 e. The third-order valence-corrected chi connectivity index (χ3v) is 3.47. The molecule has 0 radical (unpaired) electrons. The lowest BCUT2D eigenvalue weighted by Crippen LogP contribution is -2.16. The Morgan fingerprint density at radius 1 is 1.35 bits per heavy atom. The number of thiazole rings is 1. The molecule has 2 heterocycles. The highest BCUT2D eigenvalue weighted by atomic mass is 32.1. The molecule has 4 nitrogen and oxygen atoms in total. The van der Waals surface area contributed by atoms with Crippen LogP contribution in [0.15, 0.2) is 18.7 Å². The molecule has 0 atom stereocenters. The molecule has 5 heteroatoms. The van der Waals surface area contributed by atoms with E-state index in [9.17, 15) is 0 Å². The van der Waals surface area contributed by atoms with Crippen molar-refractivity contribution in [1.82, 2.24) is 19.9 Å². The van der Waals surface area contributed by atoms with Gasteiger partial charge >= 0.3 is 0 Å². The maximum atomic E-state index is 4.33. The van der Waals surface area contributed by atoms with Gasteiger partial charge < -0.3 is 9.88 Å². The van der Waals surface area contributed by atoms with E-state index in [2.05, 4.69) is 40.6 Å². The van der Waals surface area contributed by atoms with Crippen LogP contribution in [0.3, 0.4) is 0 Å². The highest BCUT2D eigenvalue weighted by molar-refractivity contribution is 7.11. The Labute approximate surface area is 106 Å². The molecule has 0 aliphatic carbocycles. The molecule has 0 spiro atoms. The van der Waals surface area contributed by atoms with Crippen LogP contribution in [-0.2, 0) is 13.1 Å². The molecule has 0 amide bonds. The van der Waals surface area contributed by atoms with Gasteiger partial charge in [-0.3, -0.25) is 0 Å². The van der Waals surface area contributed by atoms with Gasteiger partial charge in [-0.1, -0.05) is 0 Å². The summed E-state index contributed by atoms with van der Waals surface area (Å²) in [6, 6.07) is 0.455. The predicted octanol–water partition coefficient (Wildman–Crippen LogP) is 2.52. The first-order valence-corrected chi connectivity index (χ1v) is 6.61. The summed E-state index contributed by atoms with van der Waals surface area (Å²) in [5.41, 5.74) is 1.22. The minimum absolute atomic E-state index is 0.455. The molecule has 92 valence electrons. The molecule has 0 saturated heterocycles. The van der Waals surface area contributed by atoms with E-state index < -0.39 is 0 Å². The normalized spacial score (nSPS) is 11.3. The smallest absolute Gasteiger partial charge is 0.107 e. The molecule has 2 aromatic rings. The zero-order valence-electron chi connectivity index (χ0n) is 10.5. The van der Waals surface area contributed by atoms with Crippen molar-refractivity contribution in [2.24, 2.45) is 0 Å². The van der Waals surface area contributed by atoms with Crippen molar-refractivity contribution in [3.63, 3.8) is 0 Å². The summed E-state index contributed by atoms with van der Waals surface area (Å²) < 4.78 is 2.18. The molecule has 0 saturated carbocycles. The van der Waals surface area contributed by atoms with Crippen LogP contribution >= 0.6 is 11.3 Å². The molecule has 2 rings (SSSR count). The van der Waals surface area contributed by atoms with Crippen molar-refractivity contribution in [2.45, 2.75) is 39.9 Å². The first-order chi connectivity index (χ1) is 8.16. The lowest BCUT2D eigenvalue weighted by Gasteiger charge is -2.11. The van der Waals surface area contributed by atoms with Crippen molar-refractivity contribution in [3.05, 3.63) is 34.3 Å². The summed E-state index contributed by atoms with van der Waals surface area (Å²) in [7, 11) is 0. The van der Waals surface area contributed by atoms with E-state index in [0.29, 0.717) is 6.04 Å². The van der Waals surface area contributed by atoms with Gasteiger partial charge in [0.2, 0.25) is 0 Å². The topological polar surface area (TPSA) is 42.7 Å². The molecule has 17 heavy (non-hydrogen) atoms. The fraction of sp³-hybridized carbons (Fsp3) is 0.500. The molecule has 0 aromatic carbocycles. The number of rotatable bonds is 5. The summed E-state index contributed by atoms with van der Waals surface area (Å²) in [6.45, 7) is 8.05. The molecule has 0 bridgehead atoms. The molecular weight excluding hydrogens is 232 g/mol. The van der Waals surface area contributed by atoms with Crippen molar-refractivity contribution >= 4 is 11.3 Å². The maximum Gasteiger partial charge on any atom is 0.107 e. The third kappa shape index (κ3) is 3.14. The van der Waals surface area contributed by atoms with Crippen LogP contribution in [0, 0.1) is 6.92 Å². The summed E-state index contributed by atoms with van der Waals surface area (Å²) >= 11 is 1.74. The van der Waals surface area contributed by atoms with E-state index in [1.54, 1.807) is 11.3 Å². The van der Waals surface area contributed by atoms with Crippen molar-refractivity contribution in [3.8, 4) is 0 Å². The summed E-state index contributed by atoms with van der Waals surface area (Å²) in [5.74, 6) is 0. The fourth-order valence-electron chi connectivity index (χ4n) is 1.71. The van der Waals surface area contributed by atoms with E-state index in [1.165, 1.54) is 10.6 Å². The van der Waals surface area contributed by atoms with E-state index in [-0.39, 0.29) is 0 Å². The third-order valence-electron chi connectivity index (χ3n) is 2.55. The van der Waals surface area contributed by atoms with Crippen LogP contribution in [-0.4, -0.2) is 14.5 Å². The Hall–Kier alpha value is -1.20. The van der Waals surface area contributed by atoms with E-state index in [4.69, 9.17) is 0 Å². The minimum atomic E-state index is 0.455. The predicted molar refractivity (Wildman–Crippen MR) is 70.0 cm³/mol.